The molecule has 2 N–H and O–H groups in total. The topological polar surface area (TPSA) is 94.6 Å². The van der Waals surface area contributed by atoms with Gasteiger partial charge in [-0.05, 0) is 23.6 Å². The number of rotatable bonds is 3. The summed E-state index contributed by atoms with van der Waals surface area (Å²) in [6, 6.07) is 15.5. The van der Waals surface area contributed by atoms with Crippen LogP contribution in [0.5, 0.6) is 0 Å². The molecule has 2 heterocycles. The molecule has 0 atom stereocenters. The molecule has 0 bridgehead atoms. The number of nitrogens with zero attached hydrogens (tertiary/aromatic N) is 2. The average molecular weight is 407 g/mol. The Morgan fingerprint density at radius 2 is 1.66 bits per heavy atom. The number of methoxy groups -OCH3 is 1. The largest absolute Gasteiger partial charge is 0.465 e. The van der Waals surface area contributed by atoms with Crippen molar-refractivity contribution in [2.45, 2.75) is 0 Å². The number of urea groups is 1. The molecule has 0 radical (unpaired) electrons. The molecule has 0 aliphatic carbocycles. The van der Waals surface area contributed by atoms with Crippen molar-refractivity contribution >= 4 is 50.0 Å². The van der Waals surface area contributed by atoms with Crippen LogP contribution >= 0.6 is 11.3 Å². The van der Waals surface area contributed by atoms with Gasteiger partial charge < -0.3 is 10.5 Å². The van der Waals surface area contributed by atoms with Gasteiger partial charge in [0.2, 0.25) is 0 Å². The number of nitrogens with two attached hydrogens (primary N) is 1. The fourth-order valence-corrected chi connectivity index (χ4v) is 4.67. The van der Waals surface area contributed by atoms with Crippen molar-refractivity contribution in [1.29, 1.82) is 0 Å². The van der Waals surface area contributed by atoms with Crippen LogP contribution in [-0.2, 0) is 4.74 Å². The zero-order chi connectivity index (χ0) is 20.7. The lowest BCUT2D eigenvalue weighted by Crippen LogP contribution is -2.32. The first-order valence-corrected chi connectivity index (χ1v) is 9.54. The van der Waals surface area contributed by atoms with Crippen molar-refractivity contribution in [1.82, 2.24) is 4.57 Å². The number of aromatic nitrogens is 1. The molecule has 0 spiro atoms. The summed E-state index contributed by atoms with van der Waals surface area (Å²) in [5.74, 6) is -0.606. The Morgan fingerprint density at radius 3 is 2.28 bits per heavy atom. The quantitative estimate of drug-likeness (QED) is 0.526. The van der Waals surface area contributed by atoms with E-state index in [-0.39, 0.29) is 10.4 Å². The lowest BCUT2D eigenvalue weighted by molar-refractivity contribution is 0.0607. The van der Waals surface area contributed by atoms with Crippen LogP contribution in [0.2, 0.25) is 0 Å². The predicted molar refractivity (Wildman–Crippen MR) is 114 cm³/mol. The number of anilines is 1. The van der Waals surface area contributed by atoms with E-state index in [9.17, 15) is 14.4 Å². The van der Waals surface area contributed by atoms with Crippen molar-refractivity contribution in [2.24, 2.45) is 5.73 Å². The molecule has 29 heavy (non-hydrogen) atoms. The van der Waals surface area contributed by atoms with E-state index in [1.54, 1.807) is 28.8 Å². The van der Waals surface area contributed by atoms with Crippen LogP contribution < -0.4 is 16.2 Å². The second-order valence-corrected chi connectivity index (χ2v) is 7.37. The highest BCUT2D eigenvalue weighted by molar-refractivity contribution is 7.21. The molecule has 7 nitrogen and oxygen atoms in total. The van der Waals surface area contributed by atoms with Gasteiger partial charge in [-0.25, -0.2) is 9.59 Å². The highest BCUT2D eigenvalue weighted by Gasteiger charge is 2.28. The number of hydrogen-bond acceptors (Lipinski definition) is 5. The third-order valence-electron chi connectivity index (χ3n) is 4.75. The molecule has 0 saturated heterocycles. The minimum absolute atomic E-state index is 0.198. The summed E-state index contributed by atoms with van der Waals surface area (Å²) in [7, 11) is 2.76. The van der Waals surface area contributed by atoms with Crippen LogP contribution in [0.1, 0.15) is 9.67 Å². The molecular weight excluding hydrogens is 390 g/mol. The molecule has 0 fully saturated rings. The lowest BCUT2D eigenvalue weighted by atomic mass is 10.1. The first kappa shape index (κ1) is 18.7. The van der Waals surface area contributed by atoms with Gasteiger partial charge in [0, 0.05) is 17.8 Å². The second kappa shape index (κ2) is 7.06. The van der Waals surface area contributed by atoms with Crippen molar-refractivity contribution in [3.63, 3.8) is 0 Å². The van der Waals surface area contributed by atoms with E-state index in [4.69, 9.17) is 10.5 Å². The van der Waals surface area contributed by atoms with Gasteiger partial charge in [-0.15, -0.1) is 11.3 Å². The Morgan fingerprint density at radius 1 is 1.03 bits per heavy atom. The minimum atomic E-state index is -0.726. The van der Waals surface area contributed by atoms with Crippen LogP contribution in [0.15, 0.2) is 59.4 Å². The fraction of sp³-hybridized carbons (Fsp3) is 0.0952. The summed E-state index contributed by atoms with van der Waals surface area (Å²) in [6.45, 7) is 0. The molecule has 8 heteroatoms. The molecule has 0 saturated carbocycles. The number of thiophene rings is 1. The summed E-state index contributed by atoms with van der Waals surface area (Å²) in [5, 5.41) is 1.70. The van der Waals surface area contributed by atoms with Gasteiger partial charge in [0.25, 0.3) is 5.56 Å². The number of hydrogen-bond donors (Lipinski definition) is 1. The minimum Gasteiger partial charge on any atom is -0.465 e. The normalized spacial score (nSPS) is 11.0. The number of benzene rings is 2. The van der Waals surface area contributed by atoms with Gasteiger partial charge in [0.1, 0.15) is 9.71 Å². The van der Waals surface area contributed by atoms with E-state index < -0.39 is 12.0 Å². The number of primary amides is 1. The Balaban J connectivity index is 2.29. The van der Waals surface area contributed by atoms with Crippen molar-refractivity contribution in [2.75, 3.05) is 19.1 Å². The maximum absolute atomic E-state index is 13.4. The molecule has 2 amide bonds. The number of carbonyl (C=O) groups excluding carboxylic acids is 2. The average Bonchev–Trinajstić information content (AvgIpc) is 3.13. The predicted octanol–water partition coefficient (Wildman–Crippen LogP) is 3.51. The molecule has 146 valence electrons. The van der Waals surface area contributed by atoms with E-state index in [0.29, 0.717) is 32.4 Å². The SMILES string of the molecule is COC(=O)c1sc2c(c1N(C)C(N)=O)c1ccccc1c(=O)n2-c1ccccc1. The maximum Gasteiger partial charge on any atom is 0.350 e. The van der Waals surface area contributed by atoms with Crippen LogP contribution in [0.25, 0.3) is 26.7 Å². The van der Waals surface area contributed by atoms with Crippen molar-refractivity contribution < 1.29 is 14.3 Å². The summed E-state index contributed by atoms with van der Waals surface area (Å²) < 4.78 is 6.48. The monoisotopic (exact) mass is 407 g/mol. The highest BCUT2D eigenvalue weighted by atomic mass is 32.1. The van der Waals surface area contributed by atoms with E-state index in [1.807, 2.05) is 30.3 Å². The van der Waals surface area contributed by atoms with Gasteiger partial charge in [0.15, 0.2) is 0 Å². The Bertz CT molecular complexity index is 1320. The van der Waals surface area contributed by atoms with Crippen LogP contribution in [0.4, 0.5) is 10.5 Å². The molecule has 4 aromatic rings. The smallest absolute Gasteiger partial charge is 0.350 e. The number of fused-ring (bicyclic) bond motifs is 3. The molecular formula is C21H17N3O4S. The zero-order valence-electron chi connectivity index (χ0n) is 15.7. The lowest BCUT2D eigenvalue weighted by Gasteiger charge is -2.17. The molecule has 4 rings (SSSR count). The summed E-state index contributed by atoms with van der Waals surface area (Å²) in [5.41, 5.74) is 6.28. The standard InChI is InChI=1S/C21H17N3O4S/c1-23(21(22)27)16-15-13-10-6-7-11-14(13)18(25)24(12-8-4-3-5-9-12)19(15)29-17(16)20(26)28-2/h3-11H,1-2H3,(H2,22,27). The van der Waals surface area contributed by atoms with Crippen LogP contribution in [0.3, 0.4) is 0 Å². The number of ether oxygens (including phenoxy) is 1. The first-order valence-electron chi connectivity index (χ1n) is 8.72. The van der Waals surface area contributed by atoms with E-state index in [1.165, 1.54) is 19.1 Å². The molecule has 0 unspecified atom stereocenters. The van der Waals surface area contributed by atoms with E-state index in [2.05, 4.69) is 0 Å². The van der Waals surface area contributed by atoms with Crippen molar-refractivity contribution in [3.05, 3.63) is 69.8 Å². The fourth-order valence-electron chi connectivity index (χ4n) is 3.38. The summed E-state index contributed by atoms with van der Waals surface area (Å²) in [6.07, 6.45) is 0. The number of esters is 1. The Kier molecular flexibility index (Phi) is 4.56. The summed E-state index contributed by atoms with van der Waals surface area (Å²) in [4.78, 5) is 39.8. The molecule has 0 aliphatic rings. The number of amides is 2. The van der Waals surface area contributed by atoms with Gasteiger partial charge in [-0.1, -0.05) is 36.4 Å². The van der Waals surface area contributed by atoms with Gasteiger partial charge in [0.05, 0.1) is 18.5 Å². The highest BCUT2D eigenvalue weighted by Crippen LogP contribution is 2.42. The molecule has 2 aromatic heterocycles. The maximum atomic E-state index is 13.4. The van der Waals surface area contributed by atoms with Gasteiger partial charge in [-0.3, -0.25) is 14.3 Å². The van der Waals surface area contributed by atoms with E-state index >= 15 is 0 Å². The van der Waals surface area contributed by atoms with Crippen LogP contribution in [-0.4, -0.2) is 30.7 Å². The molecule has 0 aliphatic heterocycles. The van der Waals surface area contributed by atoms with Gasteiger partial charge >= 0.3 is 12.0 Å². The van der Waals surface area contributed by atoms with Gasteiger partial charge in [-0.2, -0.15) is 0 Å². The first-order chi connectivity index (χ1) is 14.0. The molecule has 2 aromatic carbocycles. The Labute approximate surface area is 169 Å². The third-order valence-corrected chi connectivity index (χ3v) is 5.89. The van der Waals surface area contributed by atoms with E-state index in [0.717, 1.165) is 11.3 Å². The zero-order valence-corrected chi connectivity index (χ0v) is 16.5. The third kappa shape index (κ3) is 2.85. The number of pyridine rings is 1. The van der Waals surface area contributed by atoms with Crippen LogP contribution in [0, 0.1) is 0 Å². The number of carbonyl (C=O) groups is 2. The van der Waals surface area contributed by atoms with Crippen molar-refractivity contribution in [3.8, 4) is 5.69 Å². The summed E-state index contributed by atoms with van der Waals surface area (Å²) >= 11 is 1.09. The Hall–Kier alpha value is -3.65. The second-order valence-electron chi connectivity index (χ2n) is 6.37. The number of para-hydroxylation sites is 1.